The summed E-state index contributed by atoms with van der Waals surface area (Å²) < 4.78 is 4.88. The Kier molecular flexibility index (Phi) is 5.74. The Labute approximate surface area is 100 Å². The number of nitrogens with one attached hydrogen (secondary N) is 2. The number of hydrogen-bond donors (Lipinski definition) is 2. The van der Waals surface area contributed by atoms with Crippen molar-refractivity contribution in [2.45, 2.75) is 13.3 Å². The first-order chi connectivity index (χ1) is 8.22. The van der Waals surface area contributed by atoms with Gasteiger partial charge < -0.3 is 4.74 Å². The number of hydrazine groups is 1. The molecule has 0 aromatic heterocycles. The smallest absolute Gasteiger partial charge is 0.264 e. The molecule has 0 heterocycles. The van der Waals surface area contributed by atoms with Gasteiger partial charge in [-0.15, -0.1) is 0 Å². The molecule has 0 fully saturated rings. The van der Waals surface area contributed by atoms with Crippen LogP contribution >= 0.6 is 0 Å². The minimum atomic E-state index is -0.367. The Morgan fingerprint density at radius 1 is 1.12 bits per heavy atom. The van der Waals surface area contributed by atoms with Crippen LogP contribution in [0.5, 0.6) is 0 Å². The van der Waals surface area contributed by atoms with Crippen LogP contribution in [0.2, 0.25) is 0 Å². The summed E-state index contributed by atoms with van der Waals surface area (Å²) in [5, 5.41) is 0. The van der Waals surface area contributed by atoms with Crippen molar-refractivity contribution in [3.63, 3.8) is 0 Å². The standard InChI is InChI=1S/C12H16N2O3/c1-2-17-9-12(16)14-13-11(15)8-10-6-4-3-5-7-10/h3-7H,2,8-9H2,1H3,(H,13,15)(H,14,16). The van der Waals surface area contributed by atoms with Crippen LogP contribution in [0.25, 0.3) is 0 Å². The largest absolute Gasteiger partial charge is 0.372 e. The van der Waals surface area contributed by atoms with Gasteiger partial charge in [0.05, 0.1) is 6.42 Å². The molecule has 0 bridgehead atoms. The Bertz CT molecular complexity index is 365. The second-order valence-corrected chi connectivity index (χ2v) is 3.40. The van der Waals surface area contributed by atoms with Gasteiger partial charge in [-0.2, -0.15) is 0 Å². The SMILES string of the molecule is CCOCC(=O)NNC(=O)Cc1ccccc1. The van der Waals surface area contributed by atoms with Gasteiger partial charge in [-0.3, -0.25) is 20.4 Å². The molecule has 5 heteroatoms. The summed E-state index contributed by atoms with van der Waals surface area (Å²) in [4.78, 5) is 22.5. The zero-order chi connectivity index (χ0) is 12.5. The van der Waals surface area contributed by atoms with Crippen molar-refractivity contribution in [3.05, 3.63) is 35.9 Å². The second kappa shape index (κ2) is 7.40. The van der Waals surface area contributed by atoms with Crippen LogP contribution in [-0.2, 0) is 20.7 Å². The molecular formula is C12H16N2O3. The molecule has 0 saturated carbocycles. The van der Waals surface area contributed by atoms with Crippen LogP contribution in [0.3, 0.4) is 0 Å². The predicted molar refractivity (Wildman–Crippen MR) is 62.9 cm³/mol. The van der Waals surface area contributed by atoms with Gasteiger partial charge in [-0.25, -0.2) is 0 Å². The Hall–Kier alpha value is -1.88. The Morgan fingerprint density at radius 2 is 1.76 bits per heavy atom. The van der Waals surface area contributed by atoms with E-state index in [4.69, 9.17) is 4.74 Å². The molecule has 0 atom stereocenters. The molecule has 0 aliphatic rings. The highest BCUT2D eigenvalue weighted by molar-refractivity contribution is 5.83. The maximum Gasteiger partial charge on any atom is 0.264 e. The van der Waals surface area contributed by atoms with Crippen LogP contribution in [0.15, 0.2) is 30.3 Å². The average Bonchev–Trinajstić information content (AvgIpc) is 2.35. The predicted octanol–water partition coefficient (Wildman–Crippen LogP) is 0.413. The zero-order valence-electron chi connectivity index (χ0n) is 9.73. The number of benzene rings is 1. The van der Waals surface area contributed by atoms with E-state index in [9.17, 15) is 9.59 Å². The molecule has 0 spiro atoms. The van der Waals surface area contributed by atoms with Crippen molar-refractivity contribution in [1.29, 1.82) is 0 Å². The van der Waals surface area contributed by atoms with Gasteiger partial charge in [0.15, 0.2) is 0 Å². The highest BCUT2D eigenvalue weighted by Gasteiger charge is 2.05. The van der Waals surface area contributed by atoms with Crippen molar-refractivity contribution in [1.82, 2.24) is 10.9 Å². The zero-order valence-corrected chi connectivity index (χ0v) is 9.73. The number of ether oxygens (including phenoxy) is 1. The average molecular weight is 236 g/mol. The van der Waals surface area contributed by atoms with E-state index in [0.717, 1.165) is 5.56 Å². The molecule has 1 aromatic carbocycles. The number of carbonyl (C=O) groups excluding carboxylic acids is 2. The minimum absolute atomic E-state index is 0.0535. The van der Waals surface area contributed by atoms with Gasteiger partial charge >= 0.3 is 0 Å². The lowest BCUT2D eigenvalue weighted by molar-refractivity contribution is -0.131. The van der Waals surface area contributed by atoms with E-state index in [-0.39, 0.29) is 24.8 Å². The monoisotopic (exact) mass is 236 g/mol. The fourth-order valence-electron chi connectivity index (χ4n) is 1.20. The highest BCUT2D eigenvalue weighted by Crippen LogP contribution is 1.98. The summed E-state index contributed by atoms with van der Waals surface area (Å²) in [6.07, 6.45) is 0.232. The highest BCUT2D eigenvalue weighted by atomic mass is 16.5. The third kappa shape index (κ3) is 5.67. The molecule has 0 radical (unpaired) electrons. The summed E-state index contributed by atoms with van der Waals surface area (Å²) in [5.74, 6) is -0.630. The number of amides is 2. The van der Waals surface area contributed by atoms with E-state index in [1.54, 1.807) is 6.92 Å². The molecule has 2 amide bonds. The Balaban J connectivity index is 2.24. The van der Waals surface area contributed by atoms with Crippen LogP contribution in [0.1, 0.15) is 12.5 Å². The molecule has 1 rings (SSSR count). The van der Waals surface area contributed by atoms with Crippen molar-refractivity contribution in [2.24, 2.45) is 0 Å². The first-order valence-corrected chi connectivity index (χ1v) is 5.41. The van der Waals surface area contributed by atoms with E-state index in [2.05, 4.69) is 10.9 Å². The molecule has 0 saturated heterocycles. The van der Waals surface area contributed by atoms with Gasteiger partial charge in [0.2, 0.25) is 5.91 Å². The summed E-state index contributed by atoms with van der Waals surface area (Å²) in [6, 6.07) is 9.29. The Morgan fingerprint density at radius 3 is 2.41 bits per heavy atom. The van der Waals surface area contributed by atoms with E-state index in [1.807, 2.05) is 30.3 Å². The molecule has 17 heavy (non-hydrogen) atoms. The third-order valence-corrected chi connectivity index (χ3v) is 1.99. The van der Waals surface area contributed by atoms with Crippen LogP contribution in [0, 0.1) is 0 Å². The van der Waals surface area contributed by atoms with Crippen molar-refractivity contribution < 1.29 is 14.3 Å². The first kappa shape index (κ1) is 13.2. The molecule has 5 nitrogen and oxygen atoms in total. The van der Waals surface area contributed by atoms with E-state index in [1.165, 1.54) is 0 Å². The minimum Gasteiger partial charge on any atom is -0.372 e. The van der Waals surface area contributed by atoms with E-state index >= 15 is 0 Å². The van der Waals surface area contributed by atoms with Crippen LogP contribution in [-0.4, -0.2) is 25.0 Å². The first-order valence-electron chi connectivity index (χ1n) is 5.41. The lowest BCUT2D eigenvalue weighted by Gasteiger charge is -2.07. The fourth-order valence-corrected chi connectivity index (χ4v) is 1.20. The number of carbonyl (C=O) groups is 2. The third-order valence-electron chi connectivity index (χ3n) is 1.99. The maximum absolute atomic E-state index is 11.4. The number of rotatable bonds is 5. The van der Waals surface area contributed by atoms with Crippen molar-refractivity contribution >= 4 is 11.8 Å². The van der Waals surface area contributed by atoms with Gasteiger partial charge in [-0.05, 0) is 12.5 Å². The summed E-state index contributed by atoms with van der Waals surface area (Å²) in [6.45, 7) is 2.20. The number of hydrogen-bond acceptors (Lipinski definition) is 3. The van der Waals surface area contributed by atoms with Crippen LogP contribution in [0.4, 0.5) is 0 Å². The fraction of sp³-hybridized carbons (Fsp3) is 0.333. The molecule has 0 unspecified atom stereocenters. The molecule has 92 valence electrons. The molecular weight excluding hydrogens is 220 g/mol. The van der Waals surface area contributed by atoms with Crippen molar-refractivity contribution in [3.8, 4) is 0 Å². The molecule has 0 aliphatic heterocycles. The topological polar surface area (TPSA) is 67.4 Å². The second-order valence-electron chi connectivity index (χ2n) is 3.40. The summed E-state index contributed by atoms with van der Waals surface area (Å²) >= 11 is 0. The summed E-state index contributed by atoms with van der Waals surface area (Å²) in [5.41, 5.74) is 5.49. The lowest BCUT2D eigenvalue weighted by atomic mass is 10.1. The van der Waals surface area contributed by atoms with Gasteiger partial charge in [0.25, 0.3) is 5.91 Å². The lowest BCUT2D eigenvalue weighted by Crippen LogP contribution is -2.44. The summed E-state index contributed by atoms with van der Waals surface area (Å²) in [7, 11) is 0. The maximum atomic E-state index is 11.4. The van der Waals surface area contributed by atoms with Gasteiger partial charge in [0.1, 0.15) is 6.61 Å². The van der Waals surface area contributed by atoms with Gasteiger partial charge in [-0.1, -0.05) is 30.3 Å². The van der Waals surface area contributed by atoms with E-state index in [0.29, 0.717) is 6.61 Å². The quantitative estimate of drug-likeness (QED) is 0.728. The molecule has 0 aliphatic carbocycles. The van der Waals surface area contributed by atoms with Gasteiger partial charge in [0, 0.05) is 6.61 Å². The molecule has 2 N–H and O–H groups in total. The van der Waals surface area contributed by atoms with Crippen molar-refractivity contribution in [2.75, 3.05) is 13.2 Å². The molecule has 1 aromatic rings. The normalized spacial score (nSPS) is 9.71. The van der Waals surface area contributed by atoms with Crippen LogP contribution < -0.4 is 10.9 Å². The van der Waals surface area contributed by atoms with E-state index < -0.39 is 0 Å².